The van der Waals surface area contributed by atoms with Gasteiger partial charge in [0, 0.05) is 18.0 Å². The van der Waals surface area contributed by atoms with Gasteiger partial charge in [0.15, 0.2) is 5.78 Å². The molecule has 2 fully saturated rings. The van der Waals surface area contributed by atoms with Crippen LogP contribution in [0.25, 0.3) is 0 Å². The molecule has 0 N–H and O–H groups in total. The molecule has 2 bridgehead atoms. The van der Waals surface area contributed by atoms with Gasteiger partial charge in [-0.2, -0.15) is 0 Å². The molecule has 3 nitrogen and oxygen atoms in total. The van der Waals surface area contributed by atoms with E-state index in [1.54, 1.807) is 0 Å². The Hall–Kier alpha value is -0.590. The van der Waals surface area contributed by atoms with Crippen molar-refractivity contribution in [3.63, 3.8) is 0 Å². The van der Waals surface area contributed by atoms with E-state index >= 15 is 0 Å². The summed E-state index contributed by atoms with van der Waals surface area (Å²) in [5.41, 5.74) is 4.28. The second kappa shape index (κ2) is 3.78. The molecule has 3 atom stereocenters. The number of ketones is 1. The van der Waals surface area contributed by atoms with Gasteiger partial charge in [-0.25, -0.2) is 0 Å². The summed E-state index contributed by atoms with van der Waals surface area (Å²) in [7, 11) is 2.22. The lowest BCUT2D eigenvalue weighted by Crippen LogP contribution is -2.56. The van der Waals surface area contributed by atoms with Crippen LogP contribution in [0.1, 0.15) is 19.3 Å². The van der Waals surface area contributed by atoms with Crippen molar-refractivity contribution in [2.45, 2.75) is 31.4 Å². The number of carbonyl (C=O) groups excluding carboxylic acids is 1. The SMILES string of the molecule is CN1CC[C@@]23C4=CCC(=O)[C@@H]2OC2=IC=CC(=C23)C[C@H]41. The molecule has 0 aromatic rings. The van der Waals surface area contributed by atoms with Crippen LogP contribution in [0.2, 0.25) is 0 Å². The Balaban J connectivity index is 1.86. The highest BCUT2D eigenvalue weighted by molar-refractivity contribution is 14.2. The van der Waals surface area contributed by atoms with Crippen molar-refractivity contribution in [3.8, 4) is 0 Å². The van der Waals surface area contributed by atoms with E-state index in [9.17, 15) is 4.79 Å². The fraction of sp³-hybridized carbons (Fsp3) is 0.500. The Morgan fingerprint density at radius 3 is 3.30 bits per heavy atom. The number of nitrogens with zero attached hydrogens (tertiary/aromatic N) is 1. The molecule has 0 saturated carbocycles. The molecule has 1 spiro atoms. The van der Waals surface area contributed by atoms with E-state index in [0.717, 1.165) is 19.4 Å². The molecule has 0 aromatic carbocycles. The Kier molecular flexibility index (Phi) is 2.27. The minimum absolute atomic E-state index is 0.0834. The smallest absolute Gasteiger partial charge is 0.167 e. The maximum Gasteiger partial charge on any atom is 0.167 e. The quantitative estimate of drug-likeness (QED) is 0.477. The summed E-state index contributed by atoms with van der Waals surface area (Å²) < 4.78 is 9.71. The van der Waals surface area contributed by atoms with Gasteiger partial charge in [-0.1, -0.05) is 32.9 Å². The maximum atomic E-state index is 12.4. The first-order valence-electron chi connectivity index (χ1n) is 7.23. The van der Waals surface area contributed by atoms with Crippen molar-refractivity contribution in [2.75, 3.05) is 13.6 Å². The number of rotatable bonds is 0. The van der Waals surface area contributed by atoms with Gasteiger partial charge >= 0.3 is 0 Å². The summed E-state index contributed by atoms with van der Waals surface area (Å²) in [5.74, 6) is 0.289. The Morgan fingerprint density at radius 2 is 2.40 bits per heavy atom. The average molecular weight is 381 g/mol. The Morgan fingerprint density at radius 1 is 1.50 bits per heavy atom. The standard InChI is InChI=1S/C16H16INO2/c1-18-7-5-16-10-2-3-12(19)14(16)20-15-13(16)9(4-6-17-15)8-11(10)18/h2,4,6,11,14H,3,5,7-8H2,1H3/t11-,14+,16+/m1/s1. The van der Waals surface area contributed by atoms with E-state index in [2.05, 4.69) is 28.2 Å². The number of hydrogen-bond acceptors (Lipinski definition) is 3. The summed E-state index contributed by atoms with van der Waals surface area (Å²) in [5, 5.41) is 0. The normalized spacial score (nSPS) is 42.0. The molecule has 0 amide bonds. The molecule has 3 heterocycles. The first-order valence-corrected chi connectivity index (χ1v) is 9.55. The lowest BCUT2D eigenvalue weighted by Gasteiger charge is -2.53. The number of carbonyl (C=O) groups is 1. The topological polar surface area (TPSA) is 29.5 Å². The largest absolute Gasteiger partial charge is 0.327 e. The molecular weight excluding hydrogens is 365 g/mol. The number of piperidine rings is 1. The number of ether oxygens (including phenoxy) is 1. The third-order valence-corrected chi connectivity index (χ3v) is 7.63. The highest BCUT2D eigenvalue weighted by Gasteiger charge is 2.63. The van der Waals surface area contributed by atoms with E-state index in [-0.39, 0.29) is 38.0 Å². The Labute approximate surface area is 128 Å². The van der Waals surface area contributed by atoms with Crippen molar-refractivity contribution in [1.82, 2.24) is 4.90 Å². The molecular formula is C16H16INO2. The van der Waals surface area contributed by atoms with Crippen molar-refractivity contribution < 1.29 is 9.53 Å². The van der Waals surface area contributed by atoms with Crippen LogP contribution in [-0.4, -0.2) is 40.1 Å². The Bertz CT molecular complexity index is 672. The number of allylic oxidation sites excluding steroid dienone is 2. The zero-order valence-corrected chi connectivity index (χ0v) is 13.5. The van der Waals surface area contributed by atoms with Crippen LogP contribution in [0, 0.1) is 5.41 Å². The monoisotopic (exact) mass is 381 g/mol. The summed E-state index contributed by atoms with van der Waals surface area (Å²) in [6, 6.07) is 0.474. The molecule has 5 rings (SSSR count). The van der Waals surface area contributed by atoms with E-state index in [1.165, 1.54) is 20.4 Å². The molecule has 2 saturated heterocycles. The van der Waals surface area contributed by atoms with Gasteiger partial charge < -0.3 is 4.74 Å². The fourth-order valence-electron chi connectivity index (χ4n) is 4.67. The van der Waals surface area contributed by atoms with Gasteiger partial charge in [0.1, 0.15) is 9.80 Å². The minimum Gasteiger partial charge on any atom is -0.327 e. The third kappa shape index (κ3) is 1.20. The number of Topliss-reactive ketones (excluding diaryl/α,β-unsaturated/α-hetero) is 1. The highest BCUT2D eigenvalue weighted by Crippen LogP contribution is 2.61. The molecule has 4 heteroatoms. The minimum atomic E-state index is -0.210. The molecule has 0 radical (unpaired) electrons. The molecule has 104 valence electrons. The summed E-state index contributed by atoms with van der Waals surface area (Å²) in [6.45, 7) is 1.07. The predicted octanol–water partition coefficient (Wildman–Crippen LogP) is 2.30. The number of hydrogen-bond donors (Lipinski definition) is 0. The van der Waals surface area contributed by atoms with E-state index in [1.807, 2.05) is 0 Å². The van der Waals surface area contributed by atoms with E-state index in [4.69, 9.17) is 4.74 Å². The third-order valence-electron chi connectivity index (χ3n) is 5.55. The van der Waals surface area contributed by atoms with Crippen LogP contribution in [0.15, 0.2) is 33.0 Å². The molecule has 20 heavy (non-hydrogen) atoms. The van der Waals surface area contributed by atoms with Crippen LogP contribution >= 0.6 is 20.7 Å². The van der Waals surface area contributed by atoms with Crippen LogP contribution in [-0.2, 0) is 9.53 Å². The first kappa shape index (κ1) is 12.0. The van der Waals surface area contributed by atoms with E-state index in [0.29, 0.717) is 12.5 Å². The first-order chi connectivity index (χ1) is 9.72. The average Bonchev–Trinajstić information content (AvgIpc) is 2.79. The highest BCUT2D eigenvalue weighted by atomic mass is 127. The van der Waals surface area contributed by atoms with Gasteiger partial charge in [0.05, 0.1) is 5.41 Å². The molecule has 0 unspecified atom stereocenters. The van der Waals surface area contributed by atoms with Crippen molar-refractivity contribution in [2.24, 2.45) is 5.41 Å². The van der Waals surface area contributed by atoms with Crippen LogP contribution < -0.4 is 0 Å². The fourth-order valence-corrected chi connectivity index (χ4v) is 7.15. The molecule has 2 aliphatic carbocycles. The van der Waals surface area contributed by atoms with Crippen molar-refractivity contribution in [3.05, 3.63) is 33.0 Å². The van der Waals surface area contributed by atoms with Crippen LogP contribution in [0.3, 0.4) is 0 Å². The summed E-state index contributed by atoms with van der Waals surface area (Å²) in [4.78, 5) is 14.9. The summed E-state index contributed by atoms with van der Waals surface area (Å²) >= 11 is -0.177. The molecule has 3 aliphatic heterocycles. The van der Waals surface area contributed by atoms with Gasteiger partial charge in [0.2, 0.25) is 0 Å². The van der Waals surface area contributed by atoms with Gasteiger partial charge in [-0.3, -0.25) is 9.69 Å². The van der Waals surface area contributed by atoms with Crippen LogP contribution in [0.4, 0.5) is 0 Å². The lowest BCUT2D eigenvalue weighted by molar-refractivity contribution is -0.129. The number of likely N-dealkylation sites (N-methyl/N-ethyl adjacent to an activating group) is 1. The van der Waals surface area contributed by atoms with Crippen LogP contribution in [0.5, 0.6) is 0 Å². The predicted molar refractivity (Wildman–Crippen MR) is 85.9 cm³/mol. The second-order valence-corrected chi connectivity index (χ2v) is 8.65. The van der Waals surface area contributed by atoms with E-state index < -0.39 is 0 Å². The van der Waals surface area contributed by atoms with Gasteiger partial charge in [-0.15, -0.1) is 0 Å². The maximum absolute atomic E-state index is 12.4. The van der Waals surface area contributed by atoms with Gasteiger partial charge in [-0.05, 0) is 41.7 Å². The van der Waals surface area contributed by atoms with Crippen molar-refractivity contribution >= 4 is 30.2 Å². The van der Waals surface area contributed by atoms with Crippen molar-refractivity contribution in [1.29, 1.82) is 0 Å². The zero-order chi connectivity index (χ0) is 13.5. The molecule has 0 aromatic heterocycles. The lowest BCUT2D eigenvalue weighted by atomic mass is 9.56. The zero-order valence-electron chi connectivity index (χ0n) is 11.4. The van der Waals surface area contributed by atoms with Gasteiger partial charge in [0.25, 0.3) is 0 Å². The number of likely N-dealkylation sites (tertiary alicyclic amines) is 1. The molecule has 5 aliphatic rings. The summed E-state index contributed by atoms with van der Waals surface area (Å²) in [6.07, 6.45) is 7.04. The number of halogens is 1. The second-order valence-electron chi connectivity index (χ2n) is 6.33.